The largest absolute Gasteiger partial charge is 0.491 e. The molecule has 2 aliphatic heterocycles. The number of hydrogen-bond donors (Lipinski definition) is 1. The molecule has 2 fully saturated rings. The zero-order valence-electron chi connectivity index (χ0n) is 14.5. The van der Waals surface area contributed by atoms with Gasteiger partial charge in [-0.25, -0.2) is 0 Å². The predicted molar refractivity (Wildman–Crippen MR) is 91.7 cm³/mol. The zero-order valence-corrected chi connectivity index (χ0v) is 14.5. The summed E-state index contributed by atoms with van der Waals surface area (Å²) in [5.41, 5.74) is 0.575. The lowest BCUT2D eigenvalue weighted by atomic mass is 9.87. The molecule has 6 nitrogen and oxygen atoms in total. The first-order chi connectivity index (χ1) is 12.0. The molecular formula is C19H25NO5. The molecule has 0 aromatic heterocycles. The summed E-state index contributed by atoms with van der Waals surface area (Å²) < 4.78 is 11.3. The van der Waals surface area contributed by atoms with Crippen molar-refractivity contribution in [2.75, 3.05) is 26.3 Å². The predicted octanol–water partition coefficient (Wildman–Crippen LogP) is 2.43. The molecule has 0 spiro atoms. The Morgan fingerprint density at radius 2 is 2.20 bits per heavy atom. The second kappa shape index (κ2) is 7.87. The fourth-order valence-electron chi connectivity index (χ4n) is 3.56. The van der Waals surface area contributed by atoms with Crippen molar-refractivity contribution in [2.24, 2.45) is 11.8 Å². The van der Waals surface area contributed by atoms with Gasteiger partial charge in [-0.2, -0.15) is 0 Å². The summed E-state index contributed by atoms with van der Waals surface area (Å²) in [4.78, 5) is 25.7. The van der Waals surface area contributed by atoms with Gasteiger partial charge in [0, 0.05) is 25.3 Å². The molecule has 1 aromatic carbocycles. The Morgan fingerprint density at radius 3 is 2.88 bits per heavy atom. The Bertz CT molecular complexity index is 626. The molecule has 0 aliphatic carbocycles. The van der Waals surface area contributed by atoms with Gasteiger partial charge in [0.1, 0.15) is 12.4 Å². The van der Waals surface area contributed by atoms with Gasteiger partial charge >= 0.3 is 5.97 Å². The molecule has 136 valence electrons. The van der Waals surface area contributed by atoms with Crippen molar-refractivity contribution in [2.45, 2.75) is 32.3 Å². The van der Waals surface area contributed by atoms with Crippen molar-refractivity contribution in [3.05, 3.63) is 29.8 Å². The number of hydrogen-bond acceptors (Lipinski definition) is 4. The molecule has 1 aromatic rings. The first-order valence-electron chi connectivity index (χ1n) is 8.91. The van der Waals surface area contributed by atoms with Gasteiger partial charge in [0.25, 0.3) is 5.91 Å². The molecule has 2 aliphatic rings. The second-order valence-electron chi connectivity index (χ2n) is 6.94. The number of carboxylic acid groups (broad SMARTS) is 1. The normalized spacial score (nSPS) is 26.4. The number of aliphatic carboxylic acids is 1. The van der Waals surface area contributed by atoms with E-state index in [0.717, 1.165) is 19.4 Å². The van der Waals surface area contributed by atoms with Crippen LogP contribution < -0.4 is 4.74 Å². The van der Waals surface area contributed by atoms with Crippen molar-refractivity contribution in [1.82, 2.24) is 4.90 Å². The van der Waals surface area contributed by atoms with Crippen LogP contribution in [0.2, 0.25) is 0 Å². The minimum atomic E-state index is -0.774. The van der Waals surface area contributed by atoms with E-state index in [1.165, 1.54) is 0 Å². The van der Waals surface area contributed by atoms with Gasteiger partial charge in [-0.05, 0) is 43.4 Å². The summed E-state index contributed by atoms with van der Waals surface area (Å²) in [5.74, 6) is -0.600. The Hall–Kier alpha value is -2.08. The molecule has 2 heterocycles. The van der Waals surface area contributed by atoms with Gasteiger partial charge < -0.3 is 19.5 Å². The van der Waals surface area contributed by atoms with Crippen molar-refractivity contribution >= 4 is 11.9 Å². The van der Waals surface area contributed by atoms with Gasteiger partial charge in [-0.1, -0.05) is 13.0 Å². The highest BCUT2D eigenvalue weighted by atomic mass is 16.5. The topological polar surface area (TPSA) is 76.1 Å². The van der Waals surface area contributed by atoms with Crippen LogP contribution in [0.1, 0.15) is 36.5 Å². The smallest absolute Gasteiger partial charge is 0.306 e. The van der Waals surface area contributed by atoms with Crippen molar-refractivity contribution in [1.29, 1.82) is 0 Å². The molecule has 3 atom stereocenters. The summed E-state index contributed by atoms with van der Waals surface area (Å²) >= 11 is 0. The number of rotatable bonds is 5. The third kappa shape index (κ3) is 4.31. The average molecular weight is 347 g/mol. The fourth-order valence-corrected chi connectivity index (χ4v) is 3.56. The summed E-state index contributed by atoms with van der Waals surface area (Å²) in [5, 5.41) is 9.21. The van der Waals surface area contributed by atoms with Crippen LogP contribution in [0, 0.1) is 11.8 Å². The van der Waals surface area contributed by atoms with E-state index in [1.54, 1.807) is 17.0 Å². The SMILES string of the molecule is CC1CN(C(=O)c2cccc(OCC3CCCO3)c2)CCC1C(=O)O. The highest BCUT2D eigenvalue weighted by Crippen LogP contribution is 2.25. The molecule has 6 heteroatoms. The molecular weight excluding hydrogens is 322 g/mol. The lowest BCUT2D eigenvalue weighted by Gasteiger charge is -2.35. The molecule has 1 N–H and O–H groups in total. The minimum Gasteiger partial charge on any atom is -0.491 e. The van der Waals surface area contributed by atoms with Gasteiger partial charge in [-0.3, -0.25) is 9.59 Å². The highest BCUT2D eigenvalue weighted by Gasteiger charge is 2.33. The third-order valence-electron chi connectivity index (χ3n) is 5.05. The monoisotopic (exact) mass is 347 g/mol. The number of carbonyl (C=O) groups excluding carboxylic acids is 1. The van der Waals surface area contributed by atoms with Crippen molar-refractivity contribution < 1.29 is 24.2 Å². The Kier molecular flexibility index (Phi) is 5.58. The molecule has 0 saturated carbocycles. The van der Waals surface area contributed by atoms with E-state index in [9.17, 15) is 14.7 Å². The number of carboxylic acids is 1. The van der Waals surface area contributed by atoms with E-state index in [2.05, 4.69) is 0 Å². The molecule has 0 radical (unpaired) electrons. The lowest BCUT2D eigenvalue weighted by Crippen LogP contribution is -2.45. The van der Waals surface area contributed by atoms with E-state index >= 15 is 0 Å². The molecule has 2 saturated heterocycles. The highest BCUT2D eigenvalue weighted by molar-refractivity contribution is 5.94. The van der Waals surface area contributed by atoms with E-state index in [0.29, 0.717) is 37.4 Å². The van der Waals surface area contributed by atoms with Crippen LogP contribution in [-0.4, -0.2) is 54.3 Å². The fraction of sp³-hybridized carbons (Fsp3) is 0.579. The molecule has 3 unspecified atom stereocenters. The number of ether oxygens (including phenoxy) is 2. The Morgan fingerprint density at radius 1 is 1.36 bits per heavy atom. The summed E-state index contributed by atoms with van der Waals surface area (Å²) in [6.45, 7) is 4.12. The van der Waals surface area contributed by atoms with Crippen LogP contribution in [0.4, 0.5) is 0 Å². The maximum atomic E-state index is 12.7. The van der Waals surface area contributed by atoms with Gasteiger partial charge in [0.2, 0.25) is 0 Å². The number of piperidine rings is 1. The molecule has 25 heavy (non-hydrogen) atoms. The van der Waals surface area contributed by atoms with Crippen LogP contribution >= 0.6 is 0 Å². The van der Waals surface area contributed by atoms with Crippen LogP contribution in [0.5, 0.6) is 5.75 Å². The quantitative estimate of drug-likeness (QED) is 0.885. The Labute approximate surface area is 147 Å². The van der Waals surface area contributed by atoms with Crippen molar-refractivity contribution in [3.63, 3.8) is 0 Å². The van der Waals surface area contributed by atoms with Crippen LogP contribution in [0.25, 0.3) is 0 Å². The molecule has 0 bridgehead atoms. The van der Waals surface area contributed by atoms with E-state index in [1.807, 2.05) is 19.1 Å². The van der Waals surface area contributed by atoms with E-state index in [-0.39, 0.29) is 23.8 Å². The van der Waals surface area contributed by atoms with E-state index < -0.39 is 5.97 Å². The number of amides is 1. The Balaban J connectivity index is 1.60. The van der Waals surface area contributed by atoms with Gasteiger partial charge in [0.15, 0.2) is 0 Å². The summed E-state index contributed by atoms with van der Waals surface area (Å²) in [6, 6.07) is 7.18. The van der Waals surface area contributed by atoms with Crippen LogP contribution in [0.3, 0.4) is 0 Å². The van der Waals surface area contributed by atoms with Gasteiger partial charge in [-0.15, -0.1) is 0 Å². The minimum absolute atomic E-state index is 0.0471. The van der Waals surface area contributed by atoms with Crippen LogP contribution in [-0.2, 0) is 9.53 Å². The summed E-state index contributed by atoms with van der Waals surface area (Å²) in [7, 11) is 0. The number of nitrogens with zero attached hydrogens (tertiary/aromatic N) is 1. The number of likely N-dealkylation sites (tertiary alicyclic amines) is 1. The number of benzene rings is 1. The van der Waals surface area contributed by atoms with Crippen LogP contribution in [0.15, 0.2) is 24.3 Å². The third-order valence-corrected chi connectivity index (χ3v) is 5.05. The lowest BCUT2D eigenvalue weighted by molar-refractivity contribution is -0.145. The standard InChI is InChI=1S/C19H25NO5/c1-13-11-20(8-7-17(13)19(22)23)18(21)14-4-2-5-15(10-14)25-12-16-6-3-9-24-16/h2,4-5,10,13,16-17H,3,6-9,11-12H2,1H3,(H,22,23). The molecule has 3 rings (SSSR count). The maximum absolute atomic E-state index is 12.7. The maximum Gasteiger partial charge on any atom is 0.306 e. The zero-order chi connectivity index (χ0) is 17.8. The number of carbonyl (C=O) groups is 2. The van der Waals surface area contributed by atoms with Crippen molar-refractivity contribution in [3.8, 4) is 5.75 Å². The first kappa shape index (κ1) is 17.7. The second-order valence-corrected chi connectivity index (χ2v) is 6.94. The first-order valence-corrected chi connectivity index (χ1v) is 8.91. The average Bonchev–Trinajstić information content (AvgIpc) is 3.12. The summed E-state index contributed by atoms with van der Waals surface area (Å²) in [6.07, 6.45) is 2.71. The van der Waals surface area contributed by atoms with E-state index in [4.69, 9.17) is 9.47 Å². The molecule has 1 amide bonds. The van der Waals surface area contributed by atoms with Gasteiger partial charge in [0.05, 0.1) is 12.0 Å².